The van der Waals surface area contributed by atoms with Crippen molar-refractivity contribution in [3.8, 4) is 0 Å². The van der Waals surface area contributed by atoms with E-state index >= 15 is 0 Å². The van der Waals surface area contributed by atoms with Crippen molar-refractivity contribution in [3.63, 3.8) is 0 Å². The van der Waals surface area contributed by atoms with Crippen molar-refractivity contribution in [1.29, 1.82) is 0 Å². The molecule has 0 radical (unpaired) electrons. The van der Waals surface area contributed by atoms with Crippen molar-refractivity contribution >= 4 is 38.2 Å². The smallest absolute Gasteiger partial charge is 0.410 e. The maximum absolute atomic E-state index is 13.3. The van der Waals surface area contributed by atoms with E-state index in [-0.39, 0.29) is 22.1 Å². The number of carbonyl (C=O) groups is 1. The highest BCUT2D eigenvalue weighted by Crippen LogP contribution is 2.30. The van der Waals surface area contributed by atoms with Crippen LogP contribution < -0.4 is 5.56 Å². The van der Waals surface area contributed by atoms with Crippen LogP contribution in [-0.2, 0) is 14.8 Å². The predicted octanol–water partition coefficient (Wildman–Crippen LogP) is 3.56. The molecule has 36 heavy (non-hydrogen) atoms. The second kappa shape index (κ2) is 8.74. The van der Waals surface area contributed by atoms with Gasteiger partial charge in [-0.25, -0.2) is 27.2 Å². The van der Waals surface area contributed by atoms with E-state index in [1.807, 2.05) is 20.8 Å². The van der Waals surface area contributed by atoms with Gasteiger partial charge in [0.15, 0.2) is 5.65 Å². The van der Waals surface area contributed by atoms with Crippen molar-refractivity contribution < 1.29 is 17.9 Å². The van der Waals surface area contributed by atoms with Crippen LogP contribution >= 0.6 is 0 Å². The average Bonchev–Trinajstić information content (AvgIpc) is 3.29. The van der Waals surface area contributed by atoms with E-state index in [4.69, 9.17) is 4.74 Å². The van der Waals surface area contributed by atoms with E-state index in [1.165, 1.54) is 30.7 Å². The minimum Gasteiger partial charge on any atom is -0.444 e. The number of amides is 1. The van der Waals surface area contributed by atoms with Gasteiger partial charge in [-0.05, 0) is 51.8 Å². The summed E-state index contributed by atoms with van der Waals surface area (Å²) in [5, 5.41) is 0.492. The molecule has 1 aromatic carbocycles. The summed E-state index contributed by atoms with van der Waals surface area (Å²) in [7, 11) is -3.90. The number of likely N-dealkylation sites (tertiary alicyclic amines) is 1. The third-order valence-electron chi connectivity index (χ3n) is 6.14. The van der Waals surface area contributed by atoms with Crippen LogP contribution in [0.2, 0.25) is 0 Å². The van der Waals surface area contributed by atoms with Gasteiger partial charge in [-0.15, -0.1) is 0 Å². The molecule has 5 rings (SSSR count). The first-order chi connectivity index (χ1) is 17.1. The summed E-state index contributed by atoms with van der Waals surface area (Å²) in [6, 6.07) is 9.40. The number of hydrogen-bond donors (Lipinski definition) is 0. The number of piperidine rings is 1. The lowest BCUT2D eigenvalue weighted by Crippen LogP contribution is -2.45. The summed E-state index contributed by atoms with van der Waals surface area (Å²) in [5.74, 6) is 0. The Morgan fingerprint density at radius 2 is 1.83 bits per heavy atom. The lowest BCUT2D eigenvalue weighted by Gasteiger charge is -2.35. The van der Waals surface area contributed by atoms with Gasteiger partial charge < -0.3 is 9.64 Å². The van der Waals surface area contributed by atoms with E-state index in [1.54, 1.807) is 33.7 Å². The molecule has 3 aromatic heterocycles. The zero-order valence-electron chi connectivity index (χ0n) is 20.3. The quantitative estimate of drug-likeness (QED) is 0.415. The summed E-state index contributed by atoms with van der Waals surface area (Å²) in [4.78, 5) is 36.2. The molecule has 0 spiro atoms. The van der Waals surface area contributed by atoms with Crippen LogP contribution in [0, 0.1) is 0 Å². The van der Waals surface area contributed by atoms with Gasteiger partial charge in [-0.3, -0.25) is 9.36 Å². The van der Waals surface area contributed by atoms with Crippen LogP contribution in [0.3, 0.4) is 0 Å². The number of pyridine rings is 1. The normalized spacial score (nSPS) is 17.0. The first-order valence-corrected chi connectivity index (χ1v) is 13.2. The number of nitrogens with zero attached hydrogens (tertiary/aromatic N) is 5. The molecule has 4 heterocycles. The number of carbonyl (C=O) groups excluding carboxylic acids is 1. The third kappa shape index (κ3) is 4.23. The van der Waals surface area contributed by atoms with Crippen molar-refractivity contribution in [3.05, 3.63) is 65.3 Å². The number of rotatable bonds is 3. The highest BCUT2D eigenvalue weighted by Gasteiger charge is 2.30. The summed E-state index contributed by atoms with van der Waals surface area (Å²) < 4.78 is 34.9. The maximum Gasteiger partial charge on any atom is 0.410 e. The van der Waals surface area contributed by atoms with Gasteiger partial charge in [-0.1, -0.05) is 18.2 Å². The number of hydrogen-bond acceptors (Lipinski definition) is 7. The van der Waals surface area contributed by atoms with Crippen molar-refractivity contribution in [2.24, 2.45) is 0 Å². The van der Waals surface area contributed by atoms with Crippen LogP contribution in [0.5, 0.6) is 0 Å². The van der Waals surface area contributed by atoms with Gasteiger partial charge in [0.25, 0.3) is 15.6 Å². The molecule has 188 valence electrons. The SMILES string of the molecule is CC(C)(C)OC(=O)N1CCCC(n2c(=O)cnc3cnc4c(ccn4S(=O)(=O)c4ccccc4)c32)C1. The summed E-state index contributed by atoms with van der Waals surface area (Å²) >= 11 is 0. The van der Waals surface area contributed by atoms with E-state index in [9.17, 15) is 18.0 Å². The first-order valence-electron chi connectivity index (χ1n) is 11.7. The Balaban J connectivity index is 1.62. The molecule has 10 nitrogen and oxygen atoms in total. The van der Waals surface area contributed by atoms with Gasteiger partial charge in [0.2, 0.25) is 0 Å². The predicted molar refractivity (Wildman–Crippen MR) is 134 cm³/mol. The molecule has 0 aliphatic carbocycles. The van der Waals surface area contributed by atoms with Gasteiger partial charge in [-0.2, -0.15) is 0 Å². The fraction of sp³-hybridized carbons (Fsp3) is 0.360. The second-order valence-electron chi connectivity index (χ2n) is 9.85. The molecule has 0 bridgehead atoms. The molecule has 1 atom stereocenters. The van der Waals surface area contributed by atoms with Crippen LogP contribution in [0.15, 0.2) is 64.7 Å². The van der Waals surface area contributed by atoms with E-state index in [0.29, 0.717) is 42.4 Å². The molecule has 1 unspecified atom stereocenters. The molecule has 0 N–H and O–H groups in total. The highest BCUT2D eigenvalue weighted by molar-refractivity contribution is 7.90. The number of fused-ring (bicyclic) bond motifs is 3. The standard InChI is InChI=1S/C25H27N5O5S/c1-25(2,3)35-24(32)28-12-7-8-17(16-28)30-21(31)15-26-20-14-27-23-19(22(20)30)11-13-29(23)36(33,34)18-9-5-4-6-10-18/h4-6,9-11,13-15,17H,7-8,12,16H2,1-3H3. The maximum atomic E-state index is 13.3. The van der Waals surface area contributed by atoms with E-state index < -0.39 is 21.7 Å². The zero-order valence-corrected chi connectivity index (χ0v) is 21.1. The highest BCUT2D eigenvalue weighted by atomic mass is 32.2. The molecule has 0 saturated carbocycles. The fourth-order valence-electron chi connectivity index (χ4n) is 4.60. The largest absolute Gasteiger partial charge is 0.444 e. The topological polar surface area (TPSA) is 116 Å². The molecule has 1 fully saturated rings. The fourth-order valence-corrected chi connectivity index (χ4v) is 5.93. The van der Waals surface area contributed by atoms with Crippen LogP contribution in [-0.4, -0.2) is 56.6 Å². The van der Waals surface area contributed by atoms with Crippen LogP contribution in [0.4, 0.5) is 4.79 Å². The molecule has 11 heteroatoms. The average molecular weight is 510 g/mol. The Morgan fingerprint density at radius 1 is 1.08 bits per heavy atom. The summed E-state index contributed by atoms with van der Waals surface area (Å²) in [5.41, 5.74) is 0.198. The first kappa shape index (κ1) is 24.0. The van der Waals surface area contributed by atoms with Crippen molar-refractivity contribution in [2.45, 2.75) is 50.2 Å². The van der Waals surface area contributed by atoms with Crippen molar-refractivity contribution in [2.75, 3.05) is 13.1 Å². The Hall–Kier alpha value is -3.73. The Morgan fingerprint density at radius 3 is 2.56 bits per heavy atom. The second-order valence-corrected chi connectivity index (χ2v) is 11.7. The third-order valence-corrected chi connectivity index (χ3v) is 7.82. The number of ether oxygens (including phenoxy) is 1. The van der Waals surface area contributed by atoms with Crippen molar-refractivity contribution in [1.82, 2.24) is 23.4 Å². The van der Waals surface area contributed by atoms with Crippen LogP contribution in [0.25, 0.3) is 22.1 Å². The lowest BCUT2D eigenvalue weighted by molar-refractivity contribution is 0.0173. The molecule has 1 amide bonds. The minimum absolute atomic E-state index is 0.133. The molecule has 1 saturated heterocycles. The number of aromatic nitrogens is 4. The summed E-state index contributed by atoms with van der Waals surface area (Å²) in [6.45, 7) is 6.26. The van der Waals surface area contributed by atoms with Gasteiger partial charge >= 0.3 is 6.09 Å². The van der Waals surface area contributed by atoms with E-state index in [2.05, 4.69) is 9.97 Å². The molecule has 4 aromatic rings. The van der Waals surface area contributed by atoms with Gasteiger partial charge in [0.05, 0.1) is 28.8 Å². The van der Waals surface area contributed by atoms with Crippen LogP contribution in [0.1, 0.15) is 39.7 Å². The number of benzene rings is 1. The van der Waals surface area contributed by atoms with Gasteiger partial charge in [0, 0.05) is 24.7 Å². The molecular formula is C25H27N5O5S. The Labute approximate surface area is 208 Å². The lowest BCUT2D eigenvalue weighted by atomic mass is 10.0. The minimum atomic E-state index is -3.90. The molecule has 1 aliphatic heterocycles. The molecular weight excluding hydrogens is 482 g/mol. The summed E-state index contributed by atoms with van der Waals surface area (Å²) in [6.07, 6.45) is 5.09. The Bertz CT molecular complexity index is 1620. The monoisotopic (exact) mass is 509 g/mol. The Kier molecular flexibility index (Phi) is 5.82. The molecule has 1 aliphatic rings. The zero-order chi connectivity index (χ0) is 25.7. The van der Waals surface area contributed by atoms with Gasteiger partial charge in [0.1, 0.15) is 11.1 Å². The van der Waals surface area contributed by atoms with E-state index in [0.717, 1.165) is 3.97 Å².